The number of pyridine rings is 1. The van der Waals surface area contributed by atoms with Crippen LogP contribution >= 0.6 is 0 Å². The Morgan fingerprint density at radius 2 is 1.75 bits per heavy atom. The van der Waals surface area contributed by atoms with Crippen molar-refractivity contribution in [3.8, 4) is 0 Å². The maximum Gasteiger partial charge on any atom is 0.293 e. The molecule has 0 aliphatic carbocycles. The van der Waals surface area contributed by atoms with Crippen molar-refractivity contribution in [2.45, 2.75) is 38.5 Å². The largest absolute Gasteiger partial charge is 0.369 e. The monoisotopic (exact) mass is 537 g/mol. The zero-order valence-corrected chi connectivity index (χ0v) is 23.1. The summed E-state index contributed by atoms with van der Waals surface area (Å²) in [6.07, 6.45) is 6.78. The summed E-state index contributed by atoms with van der Waals surface area (Å²) < 4.78 is 1.79. The number of nitrogens with zero attached hydrogens (tertiary/aromatic N) is 8. The topological polar surface area (TPSA) is 109 Å². The van der Waals surface area contributed by atoms with Crippen LogP contribution in [0.25, 0.3) is 5.65 Å². The Bertz CT molecular complexity index is 1590. The molecule has 3 fully saturated rings. The van der Waals surface area contributed by atoms with Crippen LogP contribution in [0.2, 0.25) is 0 Å². The molecular weight excluding hydrogens is 502 g/mol. The summed E-state index contributed by atoms with van der Waals surface area (Å²) in [5, 5.41) is 4.68. The highest BCUT2D eigenvalue weighted by atomic mass is 16.2. The Balaban J connectivity index is 1.07. The van der Waals surface area contributed by atoms with Gasteiger partial charge in [-0.15, -0.1) is 5.10 Å². The number of hydrogen-bond acceptors (Lipinski definition) is 8. The summed E-state index contributed by atoms with van der Waals surface area (Å²) in [6.45, 7) is 9.47. The minimum atomic E-state index is -0.0934. The van der Waals surface area contributed by atoms with E-state index in [1.807, 2.05) is 24.1 Å². The predicted molar refractivity (Wildman–Crippen MR) is 155 cm³/mol. The first-order chi connectivity index (χ1) is 19.3. The average Bonchev–Trinajstić information content (AvgIpc) is 3.76. The summed E-state index contributed by atoms with van der Waals surface area (Å²) in [4.78, 5) is 33.3. The van der Waals surface area contributed by atoms with Crippen molar-refractivity contribution in [2.24, 2.45) is 5.41 Å². The molecule has 0 bridgehead atoms. The standard InChI is InChI=1S/C30H35N9O/c1-21-16-23(36-13-9-29(2,18-36)22-6-4-3-5-7-22)17-39-26(21)34-25(35-39)27(40)38-15-11-30(20-38)10-14-37(19-30)24-8-12-32-28(31)33-24/h3-8,12,16-17H,9-11,13-15,18-20H2,1-2H3,(H2,31,32,33)/t29-,30?/m0/s1. The molecule has 3 aliphatic heterocycles. The van der Waals surface area contributed by atoms with E-state index in [-0.39, 0.29) is 28.5 Å². The number of nitrogens with two attached hydrogens (primary N) is 1. The third-order valence-electron chi connectivity index (χ3n) is 9.25. The average molecular weight is 538 g/mol. The van der Waals surface area contributed by atoms with E-state index in [2.05, 4.69) is 73.2 Å². The number of carbonyl (C=O) groups excluding carboxylic acids is 1. The molecule has 1 spiro atoms. The number of aromatic nitrogens is 5. The van der Waals surface area contributed by atoms with Crippen molar-refractivity contribution in [1.29, 1.82) is 0 Å². The Morgan fingerprint density at radius 3 is 2.58 bits per heavy atom. The van der Waals surface area contributed by atoms with E-state index in [1.54, 1.807) is 10.7 Å². The molecule has 2 atom stereocenters. The van der Waals surface area contributed by atoms with E-state index < -0.39 is 0 Å². The van der Waals surface area contributed by atoms with E-state index in [4.69, 9.17) is 5.73 Å². The fraction of sp³-hybridized carbons (Fsp3) is 0.433. The molecule has 3 saturated heterocycles. The second-order valence-electron chi connectivity index (χ2n) is 12.1. The van der Waals surface area contributed by atoms with Gasteiger partial charge in [-0.25, -0.2) is 14.5 Å². The normalized spacial score (nSPS) is 24.6. The number of hydrogen-bond donors (Lipinski definition) is 1. The van der Waals surface area contributed by atoms with Crippen LogP contribution in [0, 0.1) is 12.3 Å². The van der Waals surface area contributed by atoms with E-state index in [9.17, 15) is 4.79 Å². The predicted octanol–water partition coefficient (Wildman–Crippen LogP) is 3.32. The van der Waals surface area contributed by atoms with Gasteiger partial charge in [-0.1, -0.05) is 37.3 Å². The molecule has 2 N–H and O–H groups in total. The molecule has 1 unspecified atom stereocenters. The summed E-state index contributed by atoms with van der Waals surface area (Å²) in [6, 6.07) is 14.8. The molecule has 1 amide bonds. The second kappa shape index (κ2) is 9.18. The SMILES string of the molecule is Cc1cc(N2CC[C@](C)(c3ccccc3)C2)cn2nc(C(=O)N3CCC4(CCN(c5ccnc(N)n5)C4)C3)nc12. The van der Waals surface area contributed by atoms with Crippen LogP contribution in [0.3, 0.4) is 0 Å². The van der Waals surface area contributed by atoms with Crippen molar-refractivity contribution in [1.82, 2.24) is 29.5 Å². The minimum Gasteiger partial charge on any atom is -0.369 e. The number of likely N-dealkylation sites (tertiary alicyclic amines) is 1. The fourth-order valence-electron chi connectivity index (χ4n) is 6.91. The van der Waals surface area contributed by atoms with Gasteiger partial charge >= 0.3 is 0 Å². The van der Waals surface area contributed by atoms with Crippen molar-refractivity contribution >= 4 is 29.0 Å². The number of amides is 1. The van der Waals surface area contributed by atoms with Crippen LogP contribution in [0.4, 0.5) is 17.5 Å². The lowest BCUT2D eigenvalue weighted by Crippen LogP contribution is -2.34. The molecule has 7 rings (SSSR count). The highest BCUT2D eigenvalue weighted by Gasteiger charge is 2.46. The highest BCUT2D eigenvalue weighted by Crippen LogP contribution is 2.41. The molecule has 10 heteroatoms. The van der Waals surface area contributed by atoms with Gasteiger partial charge in [-0.2, -0.15) is 4.98 Å². The zero-order chi connectivity index (χ0) is 27.5. The van der Waals surface area contributed by atoms with Gasteiger partial charge in [0.15, 0.2) is 5.65 Å². The van der Waals surface area contributed by atoms with Crippen LogP contribution in [0.1, 0.15) is 47.9 Å². The van der Waals surface area contributed by atoms with Gasteiger partial charge in [0, 0.05) is 56.3 Å². The molecule has 1 aromatic carbocycles. The highest BCUT2D eigenvalue weighted by molar-refractivity contribution is 5.91. The Hall–Kier alpha value is -4.21. The van der Waals surface area contributed by atoms with Gasteiger partial charge in [0.05, 0.1) is 11.9 Å². The lowest BCUT2D eigenvalue weighted by atomic mass is 9.82. The second-order valence-corrected chi connectivity index (χ2v) is 12.1. The van der Waals surface area contributed by atoms with Crippen molar-refractivity contribution < 1.29 is 4.79 Å². The maximum absolute atomic E-state index is 13.6. The van der Waals surface area contributed by atoms with Gasteiger partial charge in [0.25, 0.3) is 5.91 Å². The Morgan fingerprint density at radius 1 is 0.950 bits per heavy atom. The number of aryl methyl sites for hydroxylation is 1. The number of nitrogen functional groups attached to an aromatic ring is 1. The molecular formula is C30H35N9O. The van der Waals surface area contributed by atoms with E-state index in [0.29, 0.717) is 13.1 Å². The van der Waals surface area contributed by atoms with E-state index >= 15 is 0 Å². The number of rotatable bonds is 4. The molecule has 3 aliphatic rings. The summed E-state index contributed by atoms with van der Waals surface area (Å²) in [5.74, 6) is 1.31. The molecule has 0 saturated carbocycles. The first-order valence-electron chi connectivity index (χ1n) is 14.1. The lowest BCUT2D eigenvalue weighted by Gasteiger charge is -2.26. The summed E-state index contributed by atoms with van der Waals surface area (Å²) in [5.41, 5.74) is 10.2. The third-order valence-corrected chi connectivity index (χ3v) is 9.25. The number of fused-ring (bicyclic) bond motifs is 1. The molecule has 10 nitrogen and oxygen atoms in total. The molecule has 6 heterocycles. The van der Waals surface area contributed by atoms with Crippen LogP contribution in [-0.2, 0) is 5.41 Å². The van der Waals surface area contributed by atoms with Crippen LogP contribution < -0.4 is 15.5 Å². The molecule has 0 radical (unpaired) electrons. The fourth-order valence-corrected chi connectivity index (χ4v) is 6.91. The van der Waals surface area contributed by atoms with Crippen molar-refractivity contribution in [3.05, 3.63) is 71.8 Å². The lowest BCUT2D eigenvalue weighted by molar-refractivity contribution is 0.0764. The van der Waals surface area contributed by atoms with Gasteiger partial charge in [0.1, 0.15) is 5.82 Å². The molecule has 40 heavy (non-hydrogen) atoms. The van der Waals surface area contributed by atoms with Crippen LogP contribution in [0.5, 0.6) is 0 Å². The quantitative estimate of drug-likeness (QED) is 0.422. The summed E-state index contributed by atoms with van der Waals surface area (Å²) >= 11 is 0. The van der Waals surface area contributed by atoms with Gasteiger partial charge in [0.2, 0.25) is 11.8 Å². The number of benzene rings is 1. The maximum atomic E-state index is 13.6. The molecule has 3 aromatic heterocycles. The first kappa shape index (κ1) is 24.8. The Kier molecular flexibility index (Phi) is 5.69. The molecule has 4 aromatic rings. The smallest absolute Gasteiger partial charge is 0.293 e. The van der Waals surface area contributed by atoms with E-state index in [0.717, 1.165) is 68.2 Å². The first-order valence-corrected chi connectivity index (χ1v) is 14.1. The number of anilines is 3. The number of carbonyl (C=O) groups is 1. The zero-order valence-electron chi connectivity index (χ0n) is 23.1. The molecule has 206 valence electrons. The summed E-state index contributed by atoms with van der Waals surface area (Å²) in [7, 11) is 0. The van der Waals surface area contributed by atoms with Crippen LogP contribution in [0.15, 0.2) is 54.9 Å². The van der Waals surface area contributed by atoms with Crippen LogP contribution in [-0.4, -0.2) is 74.6 Å². The van der Waals surface area contributed by atoms with E-state index in [1.165, 1.54) is 5.56 Å². The van der Waals surface area contributed by atoms with Gasteiger partial charge < -0.3 is 20.4 Å². The third kappa shape index (κ3) is 4.22. The van der Waals surface area contributed by atoms with Gasteiger partial charge in [-0.05, 0) is 49.4 Å². The van der Waals surface area contributed by atoms with Crippen molar-refractivity contribution in [2.75, 3.05) is 54.8 Å². The van der Waals surface area contributed by atoms with Crippen molar-refractivity contribution in [3.63, 3.8) is 0 Å². The Labute approximate surface area is 233 Å². The van der Waals surface area contributed by atoms with Gasteiger partial charge in [-0.3, -0.25) is 4.79 Å². The minimum absolute atomic E-state index is 0.0543.